The number of carbonyl (C=O) groups excluding carboxylic acids is 1. The zero-order valence-corrected chi connectivity index (χ0v) is 14.9. The maximum Gasteiger partial charge on any atom is 0.296 e. The highest BCUT2D eigenvalue weighted by molar-refractivity contribution is 7.86. The van der Waals surface area contributed by atoms with Crippen molar-refractivity contribution in [2.75, 3.05) is 16.4 Å². The number of carbonyl (C=O) groups is 1. The van der Waals surface area contributed by atoms with Crippen LogP contribution in [-0.4, -0.2) is 18.9 Å². The molecule has 1 amide bonds. The van der Waals surface area contributed by atoms with Gasteiger partial charge in [-0.3, -0.25) is 9.35 Å². The first-order valence-electron chi connectivity index (χ1n) is 7.93. The summed E-state index contributed by atoms with van der Waals surface area (Å²) in [5, 5.41) is 5.53. The lowest BCUT2D eigenvalue weighted by Crippen LogP contribution is -2.13. The fourth-order valence-corrected chi connectivity index (χ4v) is 3.10. The minimum absolute atomic E-state index is 0.189. The number of anilines is 4. The third-order valence-electron chi connectivity index (χ3n) is 3.74. The molecule has 0 saturated heterocycles. The molecule has 3 aromatic carbocycles. The van der Waals surface area contributed by atoms with Gasteiger partial charge in [-0.15, -0.1) is 0 Å². The highest BCUT2D eigenvalue weighted by Gasteiger charge is 2.17. The van der Waals surface area contributed by atoms with Crippen molar-refractivity contribution < 1.29 is 17.8 Å². The van der Waals surface area contributed by atoms with Crippen LogP contribution in [0.4, 0.5) is 22.7 Å². The average molecular weight is 383 g/mol. The SMILES string of the molecule is Nc1ccc(C(=O)Nc2ccc(Nc3ccccc3)c(S(=O)(=O)O)c2)cc1. The number of benzene rings is 3. The monoisotopic (exact) mass is 383 g/mol. The van der Waals surface area contributed by atoms with Crippen molar-refractivity contribution in [1.29, 1.82) is 0 Å². The Hall–Kier alpha value is -3.36. The third-order valence-corrected chi connectivity index (χ3v) is 4.64. The van der Waals surface area contributed by atoms with E-state index >= 15 is 0 Å². The molecule has 138 valence electrons. The first kappa shape index (κ1) is 18.4. The lowest BCUT2D eigenvalue weighted by Gasteiger charge is -2.13. The summed E-state index contributed by atoms with van der Waals surface area (Å²) in [6.07, 6.45) is 0. The summed E-state index contributed by atoms with van der Waals surface area (Å²) in [4.78, 5) is 11.9. The maximum atomic E-state index is 12.3. The highest BCUT2D eigenvalue weighted by atomic mass is 32.2. The van der Waals surface area contributed by atoms with E-state index in [0.717, 1.165) is 0 Å². The van der Waals surface area contributed by atoms with Crippen LogP contribution in [0.3, 0.4) is 0 Å². The molecule has 27 heavy (non-hydrogen) atoms. The van der Waals surface area contributed by atoms with Gasteiger partial charge >= 0.3 is 0 Å². The lowest BCUT2D eigenvalue weighted by molar-refractivity contribution is 0.102. The molecule has 0 atom stereocenters. The number of rotatable bonds is 5. The second kappa shape index (κ2) is 7.48. The first-order valence-corrected chi connectivity index (χ1v) is 9.37. The summed E-state index contributed by atoms with van der Waals surface area (Å²) in [7, 11) is -4.51. The summed E-state index contributed by atoms with van der Waals surface area (Å²) in [5.74, 6) is -0.431. The standard InChI is InChI=1S/C19H17N3O4S/c20-14-8-6-13(7-9-14)19(23)22-16-10-11-17(18(12-16)27(24,25)26)21-15-4-2-1-3-5-15/h1-12,21H,20H2,(H,22,23)(H,24,25,26). The molecule has 0 saturated carbocycles. The summed E-state index contributed by atoms with van der Waals surface area (Å²) in [5.41, 5.74) is 7.55. The van der Waals surface area contributed by atoms with Gasteiger partial charge in [0, 0.05) is 22.6 Å². The molecule has 3 aromatic rings. The second-order valence-corrected chi connectivity index (χ2v) is 7.14. The molecule has 5 N–H and O–H groups in total. The molecular formula is C19H17N3O4S. The Labute approximate surface area is 156 Å². The van der Waals surface area contributed by atoms with Crippen molar-refractivity contribution in [3.63, 3.8) is 0 Å². The number of nitrogens with one attached hydrogen (secondary N) is 2. The molecule has 0 radical (unpaired) electrons. The smallest absolute Gasteiger partial charge is 0.296 e. The summed E-state index contributed by atoms with van der Waals surface area (Å²) in [6, 6.07) is 19.4. The Morgan fingerprint density at radius 1 is 0.889 bits per heavy atom. The van der Waals surface area contributed by atoms with E-state index in [9.17, 15) is 17.8 Å². The van der Waals surface area contributed by atoms with Crippen molar-refractivity contribution in [2.45, 2.75) is 4.90 Å². The summed E-state index contributed by atoms with van der Waals surface area (Å²) < 4.78 is 33.1. The van der Waals surface area contributed by atoms with E-state index in [1.54, 1.807) is 48.5 Å². The van der Waals surface area contributed by atoms with E-state index in [1.165, 1.54) is 18.2 Å². The number of amides is 1. The van der Waals surface area contributed by atoms with Crippen LogP contribution >= 0.6 is 0 Å². The molecule has 3 rings (SSSR count). The van der Waals surface area contributed by atoms with Crippen molar-refractivity contribution in [3.05, 3.63) is 78.4 Å². The van der Waals surface area contributed by atoms with Crippen LogP contribution in [0, 0.1) is 0 Å². The molecule has 0 aliphatic carbocycles. The Morgan fingerprint density at radius 3 is 2.19 bits per heavy atom. The Morgan fingerprint density at radius 2 is 1.56 bits per heavy atom. The molecule has 0 aromatic heterocycles. The van der Waals surface area contributed by atoms with Gasteiger partial charge in [0.05, 0.1) is 5.69 Å². The zero-order chi connectivity index (χ0) is 19.4. The number of nitrogens with two attached hydrogens (primary N) is 1. The number of hydrogen-bond acceptors (Lipinski definition) is 5. The number of para-hydroxylation sites is 1. The van der Waals surface area contributed by atoms with Crippen molar-refractivity contribution >= 4 is 38.8 Å². The quantitative estimate of drug-likeness (QED) is 0.395. The highest BCUT2D eigenvalue weighted by Crippen LogP contribution is 2.28. The molecule has 7 nitrogen and oxygen atoms in total. The van der Waals surface area contributed by atoms with Gasteiger partial charge in [-0.05, 0) is 54.6 Å². The van der Waals surface area contributed by atoms with Gasteiger partial charge in [0.25, 0.3) is 16.0 Å². The lowest BCUT2D eigenvalue weighted by atomic mass is 10.2. The van der Waals surface area contributed by atoms with Crippen LogP contribution in [-0.2, 0) is 10.1 Å². The van der Waals surface area contributed by atoms with E-state index in [1.807, 2.05) is 6.07 Å². The summed E-state index contributed by atoms with van der Waals surface area (Å²) >= 11 is 0. The Bertz CT molecular complexity index is 1070. The van der Waals surface area contributed by atoms with E-state index < -0.39 is 16.0 Å². The molecular weight excluding hydrogens is 366 g/mol. The number of hydrogen-bond donors (Lipinski definition) is 4. The van der Waals surface area contributed by atoms with Crippen LogP contribution in [0.5, 0.6) is 0 Å². The normalized spacial score (nSPS) is 11.0. The van der Waals surface area contributed by atoms with Gasteiger partial charge in [0.2, 0.25) is 0 Å². The van der Waals surface area contributed by atoms with Crippen LogP contribution in [0.15, 0.2) is 77.7 Å². The average Bonchev–Trinajstić information content (AvgIpc) is 2.63. The minimum Gasteiger partial charge on any atom is -0.399 e. The molecule has 0 unspecified atom stereocenters. The van der Waals surface area contributed by atoms with Crippen molar-refractivity contribution in [1.82, 2.24) is 0 Å². The van der Waals surface area contributed by atoms with Gasteiger partial charge in [-0.1, -0.05) is 18.2 Å². The van der Waals surface area contributed by atoms with E-state index in [4.69, 9.17) is 5.73 Å². The van der Waals surface area contributed by atoms with Crippen LogP contribution in [0.25, 0.3) is 0 Å². The van der Waals surface area contributed by atoms with Gasteiger partial charge in [-0.2, -0.15) is 8.42 Å². The second-order valence-electron chi connectivity index (χ2n) is 5.75. The predicted molar refractivity (Wildman–Crippen MR) is 105 cm³/mol. The van der Waals surface area contributed by atoms with Gasteiger partial charge in [0.1, 0.15) is 4.90 Å². The Kier molecular flexibility index (Phi) is 5.11. The van der Waals surface area contributed by atoms with Gasteiger partial charge in [-0.25, -0.2) is 0 Å². The molecule has 0 fully saturated rings. The van der Waals surface area contributed by atoms with E-state index in [-0.39, 0.29) is 16.3 Å². The van der Waals surface area contributed by atoms with Crippen LogP contribution in [0.2, 0.25) is 0 Å². The molecule has 0 spiro atoms. The fourth-order valence-electron chi connectivity index (χ4n) is 2.43. The minimum atomic E-state index is -4.51. The van der Waals surface area contributed by atoms with Gasteiger partial charge < -0.3 is 16.4 Å². The number of nitrogen functional groups attached to an aromatic ring is 1. The van der Waals surface area contributed by atoms with Gasteiger partial charge in [0.15, 0.2) is 0 Å². The van der Waals surface area contributed by atoms with Crippen molar-refractivity contribution in [3.8, 4) is 0 Å². The maximum absolute atomic E-state index is 12.3. The largest absolute Gasteiger partial charge is 0.399 e. The molecule has 0 heterocycles. The van der Waals surface area contributed by atoms with E-state index in [0.29, 0.717) is 16.9 Å². The molecule has 0 aliphatic rings. The van der Waals surface area contributed by atoms with Crippen molar-refractivity contribution in [2.24, 2.45) is 0 Å². The predicted octanol–water partition coefficient (Wildman–Crippen LogP) is 3.51. The topological polar surface area (TPSA) is 122 Å². The molecule has 0 bridgehead atoms. The summed E-state index contributed by atoms with van der Waals surface area (Å²) in [6.45, 7) is 0. The fraction of sp³-hybridized carbons (Fsp3) is 0. The van der Waals surface area contributed by atoms with Crippen LogP contribution < -0.4 is 16.4 Å². The van der Waals surface area contributed by atoms with Crippen LogP contribution in [0.1, 0.15) is 10.4 Å². The Balaban J connectivity index is 1.89. The first-order chi connectivity index (χ1) is 12.8. The molecule has 0 aliphatic heterocycles. The van der Waals surface area contributed by atoms with E-state index in [2.05, 4.69) is 10.6 Å². The third kappa shape index (κ3) is 4.63. The zero-order valence-electron chi connectivity index (χ0n) is 14.1. The molecule has 8 heteroatoms.